The van der Waals surface area contributed by atoms with Crippen molar-refractivity contribution in [3.05, 3.63) is 44.7 Å². The Balaban J connectivity index is 3.21. The summed E-state index contributed by atoms with van der Waals surface area (Å²) in [5.41, 5.74) is 9.16. The predicted molar refractivity (Wildman–Crippen MR) is 62.8 cm³/mol. The molecule has 0 heterocycles. The molecule has 0 spiro atoms. The number of alkyl halides is 2. The lowest BCUT2D eigenvalue weighted by Gasteiger charge is -2.15. The normalized spacial score (nSPS) is 10.7. The van der Waals surface area contributed by atoms with E-state index < -0.39 is 3.36 Å². The van der Waals surface area contributed by atoms with Crippen molar-refractivity contribution in [2.45, 2.75) is 3.36 Å². The molecule has 0 atom stereocenters. The van der Waals surface area contributed by atoms with Crippen molar-refractivity contribution in [3.63, 3.8) is 0 Å². The van der Waals surface area contributed by atoms with Gasteiger partial charge in [0.2, 0.25) is 0 Å². The lowest BCUT2D eigenvalue weighted by atomic mass is 10.2. The Morgan fingerprint density at radius 1 is 1.31 bits per heavy atom. The lowest BCUT2D eigenvalue weighted by molar-refractivity contribution is 0.967. The minimum absolute atomic E-state index is 0.827. The Bertz CT molecular complexity index is 358. The molecule has 0 radical (unpaired) electrons. The predicted octanol–water partition coefficient (Wildman–Crippen LogP) is 4.66. The topological polar surface area (TPSA) is 48.8 Å². The summed E-state index contributed by atoms with van der Waals surface area (Å²) in [4.78, 5) is 2.74. The number of rotatable bonds is 2. The summed E-state index contributed by atoms with van der Waals surface area (Å²) < 4.78 is -0.00868. The Hall–Kier alpha value is -0.0300. The highest BCUT2D eigenvalue weighted by molar-refractivity contribution is 9.24. The van der Waals surface area contributed by atoms with Crippen molar-refractivity contribution >= 4 is 47.8 Å². The van der Waals surface area contributed by atoms with Gasteiger partial charge in [-0.2, -0.15) is 0 Å². The van der Waals surface area contributed by atoms with E-state index in [0.717, 1.165) is 10.0 Å². The number of azide groups is 1. The number of hydrogen-bond acceptors (Lipinski definition) is 1. The molecule has 0 saturated carbocycles. The molecule has 13 heavy (non-hydrogen) atoms. The van der Waals surface area contributed by atoms with Crippen LogP contribution in [-0.2, 0) is 3.36 Å². The van der Waals surface area contributed by atoms with Crippen molar-refractivity contribution in [2.75, 3.05) is 0 Å². The summed E-state index contributed by atoms with van der Waals surface area (Å²) in [5, 5.41) is 3.57. The number of nitrogens with zero attached hydrogens (tertiary/aromatic N) is 3. The summed E-state index contributed by atoms with van der Waals surface area (Å²) in [6, 6.07) is 7.48. The molecule has 0 aliphatic heterocycles. The van der Waals surface area contributed by atoms with Crippen molar-refractivity contribution in [3.8, 4) is 0 Å². The third-order valence-corrected chi connectivity index (χ3v) is 3.23. The van der Waals surface area contributed by atoms with Crippen LogP contribution in [0.15, 0.2) is 33.9 Å². The molecule has 0 bridgehead atoms. The molecule has 68 valence electrons. The summed E-state index contributed by atoms with van der Waals surface area (Å²) in [7, 11) is 0. The minimum Gasteiger partial charge on any atom is -0.0618 e. The molecule has 0 aliphatic carbocycles. The van der Waals surface area contributed by atoms with Crippen LogP contribution in [0.5, 0.6) is 0 Å². The largest absolute Gasteiger partial charge is 0.184 e. The minimum atomic E-state index is -0.880. The van der Waals surface area contributed by atoms with Gasteiger partial charge in [-0.3, -0.25) is 0 Å². The highest BCUT2D eigenvalue weighted by Crippen LogP contribution is 2.42. The smallest absolute Gasteiger partial charge is 0.0618 e. The van der Waals surface area contributed by atoms with Gasteiger partial charge in [0.1, 0.15) is 0 Å². The molecule has 0 N–H and O–H groups in total. The molecule has 0 unspecified atom stereocenters. The fourth-order valence-electron chi connectivity index (χ4n) is 0.815. The first kappa shape index (κ1) is 11.0. The third kappa shape index (κ3) is 2.71. The summed E-state index contributed by atoms with van der Waals surface area (Å²) in [6.07, 6.45) is 0. The van der Waals surface area contributed by atoms with Crippen LogP contribution in [0.1, 0.15) is 5.56 Å². The first-order chi connectivity index (χ1) is 6.08. The van der Waals surface area contributed by atoms with E-state index >= 15 is 0 Å². The molecular weight excluding hydrogens is 366 g/mol. The zero-order valence-electron chi connectivity index (χ0n) is 6.28. The first-order valence-corrected chi connectivity index (χ1v) is 5.65. The summed E-state index contributed by atoms with van der Waals surface area (Å²) in [6.45, 7) is 0. The van der Waals surface area contributed by atoms with Gasteiger partial charge in [-0.25, -0.2) is 0 Å². The summed E-state index contributed by atoms with van der Waals surface area (Å²) >= 11 is 9.89. The molecule has 0 amide bonds. The maximum Gasteiger partial charge on any atom is 0.184 e. The zero-order valence-corrected chi connectivity index (χ0v) is 11.0. The SMILES string of the molecule is [N-]=[N+]=NC(Br)(Br)c1ccccc1Br. The van der Waals surface area contributed by atoms with E-state index in [0.29, 0.717) is 0 Å². The van der Waals surface area contributed by atoms with Gasteiger partial charge in [0.05, 0.1) is 0 Å². The van der Waals surface area contributed by atoms with E-state index in [1.165, 1.54) is 0 Å². The van der Waals surface area contributed by atoms with Gasteiger partial charge in [-0.05, 0) is 17.2 Å². The van der Waals surface area contributed by atoms with Crippen molar-refractivity contribution in [2.24, 2.45) is 5.11 Å². The highest BCUT2D eigenvalue weighted by Gasteiger charge is 2.25. The molecule has 6 heteroatoms. The van der Waals surface area contributed by atoms with Gasteiger partial charge >= 0.3 is 0 Å². The second-order valence-corrected chi connectivity index (χ2v) is 6.42. The van der Waals surface area contributed by atoms with Crippen molar-refractivity contribution in [1.82, 2.24) is 0 Å². The van der Waals surface area contributed by atoms with Gasteiger partial charge in [0.25, 0.3) is 0 Å². The average molecular weight is 370 g/mol. The second kappa shape index (κ2) is 4.46. The Morgan fingerprint density at radius 2 is 1.92 bits per heavy atom. The molecular formula is C7H4Br3N3. The molecule has 0 aromatic heterocycles. The van der Waals surface area contributed by atoms with Crippen LogP contribution in [0.25, 0.3) is 10.4 Å². The zero-order chi connectivity index (χ0) is 9.90. The van der Waals surface area contributed by atoms with Crippen LogP contribution in [0.3, 0.4) is 0 Å². The Labute approximate surface area is 101 Å². The van der Waals surface area contributed by atoms with E-state index in [1.807, 2.05) is 24.3 Å². The van der Waals surface area contributed by atoms with Crippen molar-refractivity contribution < 1.29 is 0 Å². The van der Waals surface area contributed by atoms with Crippen molar-refractivity contribution in [1.29, 1.82) is 0 Å². The molecule has 3 nitrogen and oxygen atoms in total. The van der Waals surface area contributed by atoms with E-state index in [1.54, 1.807) is 0 Å². The monoisotopic (exact) mass is 367 g/mol. The molecule has 1 aromatic carbocycles. The van der Waals surface area contributed by atoms with E-state index in [9.17, 15) is 0 Å². The van der Waals surface area contributed by atoms with Gasteiger partial charge in [0.15, 0.2) is 3.36 Å². The van der Waals surface area contributed by atoms with Crippen LogP contribution >= 0.6 is 47.8 Å². The fourth-order valence-corrected chi connectivity index (χ4v) is 2.75. The van der Waals surface area contributed by atoms with Crippen LogP contribution in [-0.4, -0.2) is 0 Å². The van der Waals surface area contributed by atoms with E-state index in [-0.39, 0.29) is 0 Å². The number of hydrogen-bond donors (Lipinski definition) is 0. The Kier molecular flexibility index (Phi) is 3.79. The van der Waals surface area contributed by atoms with Gasteiger partial charge in [-0.15, -0.1) is 0 Å². The first-order valence-electron chi connectivity index (χ1n) is 3.27. The van der Waals surface area contributed by atoms with Crippen LogP contribution in [0.4, 0.5) is 0 Å². The summed E-state index contributed by atoms with van der Waals surface area (Å²) in [5.74, 6) is 0. The van der Waals surface area contributed by atoms with Gasteiger partial charge < -0.3 is 0 Å². The van der Waals surface area contributed by atoms with Gasteiger partial charge in [-0.1, -0.05) is 71.1 Å². The molecule has 1 rings (SSSR count). The Morgan fingerprint density at radius 3 is 2.46 bits per heavy atom. The maximum atomic E-state index is 8.34. The van der Waals surface area contributed by atoms with Crippen LogP contribution in [0.2, 0.25) is 0 Å². The quantitative estimate of drug-likeness (QED) is 0.239. The number of halogens is 3. The third-order valence-electron chi connectivity index (χ3n) is 1.37. The highest BCUT2D eigenvalue weighted by atomic mass is 79.9. The molecule has 0 aliphatic rings. The van der Waals surface area contributed by atoms with Gasteiger partial charge in [0, 0.05) is 9.38 Å². The molecule has 0 fully saturated rings. The van der Waals surface area contributed by atoms with Crippen LogP contribution < -0.4 is 0 Å². The van der Waals surface area contributed by atoms with Crippen LogP contribution in [0, 0.1) is 0 Å². The average Bonchev–Trinajstić information content (AvgIpc) is 2.04. The number of benzene rings is 1. The lowest BCUT2D eigenvalue weighted by Crippen LogP contribution is -2.04. The van der Waals surface area contributed by atoms with E-state index in [4.69, 9.17) is 5.53 Å². The molecule has 1 aromatic rings. The van der Waals surface area contributed by atoms with E-state index in [2.05, 4.69) is 57.8 Å². The second-order valence-electron chi connectivity index (χ2n) is 2.21. The fraction of sp³-hybridized carbons (Fsp3) is 0.143. The molecule has 0 saturated heterocycles. The maximum absolute atomic E-state index is 8.34. The standard InChI is InChI=1S/C7H4Br3N3/c8-6-4-2-1-3-5(6)7(9,10)12-13-11/h1-4H.